The largest absolute Gasteiger partial charge is 0.416 e. The molecule has 2 nitrogen and oxygen atoms in total. The van der Waals surface area contributed by atoms with Gasteiger partial charge >= 0.3 is 6.18 Å². The molecule has 2 unspecified atom stereocenters. The van der Waals surface area contributed by atoms with E-state index in [1.807, 2.05) is 18.2 Å². The van der Waals surface area contributed by atoms with Crippen molar-refractivity contribution in [3.8, 4) is 0 Å². The van der Waals surface area contributed by atoms with Crippen LogP contribution < -0.4 is 5.32 Å². The summed E-state index contributed by atoms with van der Waals surface area (Å²) in [5.74, 6) is 0. The number of halogens is 3. The molecule has 2 atom stereocenters. The molecular formula is C19H21F3N2. The molecule has 0 aromatic heterocycles. The van der Waals surface area contributed by atoms with E-state index in [4.69, 9.17) is 0 Å². The lowest BCUT2D eigenvalue weighted by atomic mass is 10.00. The highest BCUT2D eigenvalue weighted by Gasteiger charge is 2.31. The second kappa shape index (κ2) is 6.95. The molecule has 0 spiro atoms. The lowest BCUT2D eigenvalue weighted by molar-refractivity contribution is -0.137. The number of piperazine rings is 1. The average Bonchev–Trinajstić information content (AvgIpc) is 2.54. The second-order valence-electron chi connectivity index (χ2n) is 6.42. The van der Waals surface area contributed by atoms with Crippen molar-refractivity contribution >= 4 is 0 Å². The molecule has 128 valence electrons. The summed E-state index contributed by atoms with van der Waals surface area (Å²) in [7, 11) is 0. The first-order valence-electron chi connectivity index (χ1n) is 8.11. The molecule has 1 aliphatic heterocycles. The summed E-state index contributed by atoms with van der Waals surface area (Å²) in [6, 6.07) is 16.1. The molecule has 1 aliphatic rings. The summed E-state index contributed by atoms with van der Waals surface area (Å²) < 4.78 is 38.1. The van der Waals surface area contributed by atoms with Crippen LogP contribution in [0.3, 0.4) is 0 Å². The summed E-state index contributed by atoms with van der Waals surface area (Å²) >= 11 is 0. The molecule has 1 fully saturated rings. The molecule has 0 bridgehead atoms. The number of nitrogens with zero attached hydrogens (tertiary/aromatic N) is 1. The predicted octanol–water partition coefficient (Wildman–Crippen LogP) is 4.24. The van der Waals surface area contributed by atoms with Gasteiger partial charge in [-0.3, -0.25) is 4.90 Å². The first kappa shape index (κ1) is 17.0. The molecule has 2 aromatic rings. The van der Waals surface area contributed by atoms with E-state index in [9.17, 15) is 13.2 Å². The molecule has 1 saturated heterocycles. The molecule has 24 heavy (non-hydrogen) atoms. The Morgan fingerprint density at radius 3 is 2.29 bits per heavy atom. The summed E-state index contributed by atoms with van der Waals surface area (Å²) in [6.07, 6.45) is -4.29. The normalized spacial score (nSPS) is 22.5. The van der Waals surface area contributed by atoms with Crippen LogP contribution in [-0.4, -0.2) is 24.0 Å². The van der Waals surface area contributed by atoms with E-state index >= 15 is 0 Å². The minimum atomic E-state index is -4.29. The zero-order valence-corrected chi connectivity index (χ0v) is 13.6. The second-order valence-corrected chi connectivity index (χ2v) is 6.42. The number of nitrogens with one attached hydrogen (secondary N) is 1. The van der Waals surface area contributed by atoms with E-state index in [-0.39, 0.29) is 12.1 Å². The molecule has 0 amide bonds. The van der Waals surface area contributed by atoms with Crippen LogP contribution in [0.1, 0.15) is 29.7 Å². The van der Waals surface area contributed by atoms with Gasteiger partial charge < -0.3 is 5.32 Å². The van der Waals surface area contributed by atoms with E-state index in [0.717, 1.165) is 37.3 Å². The quantitative estimate of drug-likeness (QED) is 0.903. The summed E-state index contributed by atoms with van der Waals surface area (Å²) in [5, 5.41) is 3.48. The van der Waals surface area contributed by atoms with Crippen molar-refractivity contribution in [2.24, 2.45) is 0 Å². The highest BCUT2D eigenvalue weighted by Crippen LogP contribution is 2.30. The molecule has 2 aromatic carbocycles. The van der Waals surface area contributed by atoms with Gasteiger partial charge in [-0.1, -0.05) is 42.5 Å². The van der Waals surface area contributed by atoms with Crippen molar-refractivity contribution < 1.29 is 13.2 Å². The Kier molecular flexibility index (Phi) is 4.92. The van der Waals surface area contributed by atoms with Crippen LogP contribution in [0.2, 0.25) is 0 Å². The fourth-order valence-corrected chi connectivity index (χ4v) is 3.25. The van der Waals surface area contributed by atoms with Gasteiger partial charge in [0.2, 0.25) is 0 Å². The van der Waals surface area contributed by atoms with Gasteiger partial charge in [0.05, 0.1) is 5.56 Å². The Morgan fingerprint density at radius 1 is 1.00 bits per heavy atom. The maximum atomic E-state index is 12.7. The van der Waals surface area contributed by atoms with Crippen LogP contribution in [0.25, 0.3) is 0 Å². The Morgan fingerprint density at radius 2 is 1.67 bits per heavy atom. The highest BCUT2D eigenvalue weighted by atomic mass is 19.4. The van der Waals surface area contributed by atoms with Crippen molar-refractivity contribution in [3.05, 3.63) is 71.3 Å². The maximum Gasteiger partial charge on any atom is 0.416 e. The van der Waals surface area contributed by atoms with Crippen LogP contribution >= 0.6 is 0 Å². The van der Waals surface area contributed by atoms with Gasteiger partial charge in [0.25, 0.3) is 0 Å². The Labute approximate surface area is 140 Å². The molecule has 3 rings (SSSR count). The Bertz CT molecular complexity index is 653. The molecule has 1 heterocycles. The van der Waals surface area contributed by atoms with Gasteiger partial charge in [0.1, 0.15) is 0 Å². The van der Waals surface area contributed by atoms with E-state index in [2.05, 4.69) is 29.3 Å². The fraction of sp³-hybridized carbons (Fsp3) is 0.368. The lowest BCUT2D eigenvalue weighted by Crippen LogP contribution is -2.50. The third-order valence-corrected chi connectivity index (χ3v) is 4.35. The van der Waals surface area contributed by atoms with E-state index in [1.165, 1.54) is 5.56 Å². The lowest BCUT2D eigenvalue weighted by Gasteiger charge is -2.38. The van der Waals surface area contributed by atoms with E-state index in [0.29, 0.717) is 0 Å². The van der Waals surface area contributed by atoms with Gasteiger partial charge in [0, 0.05) is 31.7 Å². The highest BCUT2D eigenvalue weighted by molar-refractivity contribution is 5.27. The molecular weight excluding hydrogens is 313 g/mol. The van der Waals surface area contributed by atoms with Gasteiger partial charge in [-0.25, -0.2) is 0 Å². The fourth-order valence-electron chi connectivity index (χ4n) is 3.25. The number of hydrogen-bond acceptors (Lipinski definition) is 2. The molecule has 1 N–H and O–H groups in total. The minimum absolute atomic E-state index is 0.0414. The van der Waals surface area contributed by atoms with Crippen LogP contribution in [-0.2, 0) is 12.7 Å². The molecule has 0 saturated carbocycles. The molecule has 0 aliphatic carbocycles. The number of benzene rings is 2. The third-order valence-electron chi connectivity index (χ3n) is 4.35. The Hall–Kier alpha value is -1.85. The van der Waals surface area contributed by atoms with Gasteiger partial charge in [-0.2, -0.15) is 13.2 Å². The summed E-state index contributed by atoms with van der Waals surface area (Å²) in [4.78, 5) is 2.35. The van der Waals surface area contributed by atoms with E-state index in [1.54, 1.807) is 12.1 Å². The topological polar surface area (TPSA) is 15.3 Å². The Balaban J connectivity index is 1.71. The van der Waals surface area contributed by atoms with Crippen LogP contribution in [0.5, 0.6) is 0 Å². The number of hydrogen-bond donors (Lipinski definition) is 1. The zero-order chi connectivity index (χ0) is 17.2. The molecule has 0 radical (unpaired) electrons. The number of rotatable bonds is 3. The average molecular weight is 334 g/mol. The standard InChI is InChI=1S/C19H21F3N2/c1-14-11-24(12-15-5-3-2-4-6-15)13-18(23-14)16-7-9-17(10-8-16)19(20,21)22/h2-10,14,18,23H,11-13H2,1H3. The first-order chi connectivity index (χ1) is 11.4. The first-order valence-corrected chi connectivity index (χ1v) is 8.11. The van der Waals surface area contributed by atoms with Crippen molar-refractivity contribution in [2.45, 2.75) is 31.7 Å². The van der Waals surface area contributed by atoms with Gasteiger partial charge in [0.15, 0.2) is 0 Å². The van der Waals surface area contributed by atoms with Crippen LogP contribution in [0.15, 0.2) is 54.6 Å². The number of alkyl halides is 3. The molecule has 5 heteroatoms. The van der Waals surface area contributed by atoms with Gasteiger partial charge in [-0.15, -0.1) is 0 Å². The monoisotopic (exact) mass is 334 g/mol. The van der Waals surface area contributed by atoms with Crippen molar-refractivity contribution in [1.29, 1.82) is 0 Å². The van der Waals surface area contributed by atoms with E-state index < -0.39 is 11.7 Å². The summed E-state index contributed by atoms with van der Waals surface area (Å²) in [6.45, 7) is 4.66. The van der Waals surface area contributed by atoms with Gasteiger partial charge in [-0.05, 0) is 30.2 Å². The minimum Gasteiger partial charge on any atom is -0.305 e. The van der Waals surface area contributed by atoms with Crippen molar-refractivity contribution in [3.63, 3.8) is 0 Å². The predicted molar refractivity (Wildman–Crippen MR) is 88.5 cm³/mol. The van der Waals surface area contributed by atoms with Crippen molar-refractivity contribution in [1.82, 2.24) is 10.2 Å². The van der Waals surface area contributed by atoms with Crippen LogP contribution in [0.4, 0.5) is 13.2 Å². The smallest absolute Gasteiger partial charge is 0.305 e. The summed E-state index contributed by atoms with van der Waals surface area (Å²) in [5.41, 5.74) is 1.54. The zero-order valence-electron chi connectivity index (χ0n) is 13.6. The van der Waals surface area contributed by atoms with Crippen LogP contribution in [0, 0.1) is 0 Å². The van der Waals surface area contributed by atoms with Crippen molar-refractivity contribution in [2.75, 3.05) is 13.1 Å². The third kappa shape index (κ3) is 4.16. The SMILES string of the molecule is CC1CN(Cc2ccccc2)CC(c2ccc(C(F)(F)F)cc2)N1. The maximum absolute atomic E-state index is 12.7.